The van der Waals surface area contributed by atoms with Crippen LogP contribution >= 0.6 is 0 Å². The average molecular weight is 557 g/mol. The second-order valence-electron chi connectivity index (χ2n) is 11.1. The number of carbonyl (C=O) groups is 1. The van der Waals surface area contributed by atoms with Gasteiger partial charge >= 0.3 is 12.1 Å². The highest BCUT2D eigenvalue weighted by Gasteiger charge is 2.42. The van der Waals surface area contributed by atoms with Crippen LogP contribution in [0.15, 0.2) is 54.6 Å². The number of alkyl halides is 3. The number of carbonyl (C=O) groups excluding carboxylic acids is 1. The van der Waals surface area contributed by atoms with Gasteiger partial charge < -0.3 is 26.2 Å². The average Bonchev–Trinajstić information content (AvgIpc) is 2.73. The summed E-state index contributed by atoms with van der Waals surface area (Å²) >= 11 is 0. The first kappa shape index (κ1) is 29.4. The van der Waals surface area contributed by atoms with E-state index in [-0.39, 0.29) is 51.4 Å². The standard InChI is InChI=1S/C28H37F3NO2.BrH/c1-20-14-15-24(27(2,3)22-11-7-6-8-12-22)25(16-20)34-26(33)19-32(4,5)18-21-10-9-13-23(17-21)28(29,30)31;/h6-13,17,20,24-25H,14-16,18-19H2,1-5H3;1H/q+1;/p-1/t20-,24-,25-;/m1./s1. The van der Waals surface area contributed by atoms with Crippen molar-refractivity contribution >= 4 is 5.97 Å². The van der Waals surface area contributed by atoms with Gasteiger partial charge in [0.15, 0.2) is 6.54 Å². The monoisotopic (exact) mass is 555 g/mol. The van der Waals surface area contributed by atoms with Crippen molar-refractivity contribution in [2.75, 3.05) is 20.6 Å². The fourth-order valence-electron chi connectivity index (χ4n) is 5.32. The van der Waals surface area contributed by atoms with Gasteiger partial charge in [-0.25, -0.2) is 4.79 Å². The van der Waals surface area contributed by atoms with Gasteiger partial charge in [0.05, 0.1) is 19.7 Å². The Bertz CT molecular complexity index is 976. The van der Waals surface area contributed by atoms with E-state index in [1.54, 1.807) is 6.07 Å². The van der Waals surface area contributed by atoms with Crippen LogP contribution in [0.2, 0.25) is 0 Å². The number of likely N-dealkylation sites (N-methyl/N-ethyl adjacent to an activating group) is 1. The quantitative estimate of drug-likeness (QED) is 0.385. The van der Waals surface area contributed by atoms with E-state index in [1.807, 2.05) is 32.3 Å². The minimum absolute atomic E-state index is 0. The highest BCUT2D eigenvalue weighted by Crippen LogP contribution is 2.43. The molecule has 1 saturated carbocycles. The van der Waals surface area contributed by atoms with E-state index in [0.29, 0.717) is 18.0 Å². The van der Waals surface area contributed by atoms with Gasteiger partial charge in [0.25, 0.3) is 0 Å². The summed E-state index contributed by atoms with van der Waals surface area (Å²) in [5, 5.41) is 0. The van der Waals surface area contributed by atoms with Crippen LogP contribution in [0.25, 0.3) is 0 Å². The fraction of sp³-hybridized carbons (Fsp3) is 0.536. The van der Waals surface area contributed by atoms with E-state index in [0.717, 1.165) is 31.4 Å². The van der Waals surface area contributed by atoms with E-state index >= 15 is 0 Å². The van der Waals surface area contributed by atoms with Crippen molar-refractivity contribution in [1.82, 2.24) is 0 Å². The number of nitrogens with zero attached hydrogens (tertiary/aromatic N) is 1. The molecule has 0 N–H and O–H groups in total. The maximum Gasteiger partial charge on any atom is 0.416 e. The molecule has 1 aliphatic carbocycles. The summed E-state index contributed by atoms with van der Waals surface area (Å²) in [6, 6.07) is 15.7. The molecule has 3 rings (SSSR count). The van der Waals surface area contributed by atoms with Gasteiger partial charge in [-0.15, -0.1) is 0 Å². The molecule has 0 unspecified atom stereocenters. The molecule has 35 heavy (non-hydrogen) atoms. The minimum Gasteiger partial charge on any atom is -1.00 e. The summed E-state index contributed by atoms with van der Waals surface area (Å²) in [5.74, 6) is 0.382. The molecular weight excluding hydrogens is 519 g/mol. The fourth-order valence-corrected chi connectivity index (χ4v) is 5.32. The van der Waals surface area contributed by atoms with Crippen LogP contribution in [0.4, 0.5) is 13.2 Å². The summed E-state index contributed by atoms with van der Waals surface area (Å²) in [7, 11) is 3.69. The number of ether oxygens (including phenoxy) is 1. The highest BCUT2D eigenvalue weighted by molar-refractivity contribution is 5.70. The zero-order valence-electron chi connectivity index (χ0n) is 21.2. The predicted octanol–water partition coefficient (Wildman–Crippen LogP) is 3.61. The Morgan fingerprint density at radius 1 is 1.00 bits per heavy atom. The molecule has 0 spiro atoms. The van der Waals surface area contributed by atoms with Crippen LogP contribution < -0.4 is 17.0 Å². The third kappa shape index (κ3) is 7.81. The van der Waals surface area contributed by atoms with Gasteiger partial charge in [-0.05, 0) is 41.9 Å². The summed E-state index contributed by atoms with van der Waals surface area (Å²) in [6.45, 7) is 7.04. The van der Waals surface area contributed by atoms with Crippen molar-refractivity contribution in [3.8, 4) is 0 Å². The van der Waals surface area contributed by atoms with E-state index in [9.17, 15) is 18.0 Å². The molecule has 0 aromatic heterocycles. The Labute approximate surface area is 218 Å². The molecule has 2 aromatic carbocycles. The molecule has 0 saturated heterocycles. The Kier molecular flexibility index (Phi) is 9.62. The van der Waals surface area contributed by atoms with Gasteiger partial charge in [0, 0.05) is 11.5 Å². The molecule has 7 heteroatoms. The van der Waals surface area contributed by atoms with E-state index < -0.39 is 11.7 Å². The number of esters is 1. The molecule has 3 atom stereocenters. The van der Waals surface area contributed by atoms with Gasteiger partial charge in [0.2, 0.25) is 0 Å². The lowest BCUT2D eigenvalue weighted by Crippen LogP contribution is -3.00. The van der Waals surface area contributed by atoms with Crippen LogP contribution in [0, 0.1) is 11.8 Å². The number of hydrogen-bond donors (Lipinski definition) is 0. The molecule has 0 radical (unpaired) electrons. The first-order valence-electron chi connectivity index (χ1n) is 12.0. The molecule has 0 amide bonds. The highest BCUT2D eigenvalue weighted by atomic mass is 79.9. The normalized spacial score (nSPS) is 21.2. The lowest BCUT2D eigenvalue weighted by molar-refractivity contribution is -0.896. The van der Waals surface area contributed by atoms with E-state index in [2.05, 4.69) is 32.9 Å². The third-order valence-electron chi connectivity index (χ3n) is 7.20. The molecule has 0 bridgehead atoms. The SMILES string of the molecule is C[C@@H]1CC[C@@H](C(C)(C)c2ccccc2)[C@H](OC(=O)C[N+](C)(C)Cc2cccc(C(F)(F)F)c2)C1.[Br-]. The molecule has 194 valence electrons. The van der Waals surface area contributed by atoms with Crippen LogP contribution in [-0.4, -0.2) is 37.2 Å². The maximum absolute atomic E-state index is 13.1. The van der Waals surface area contributed by atoms with Gasteiger partial charge in [0.1, 0.15) is 12.6 Å². The Hall–Kier alpha value is -1.86. The smallest absolute Gasteiger partial charge is 0.416 e. The minimum atomic E-state index is -4.38. The zero-order valence-corrected chi connectivity index (χ0v) is 22.8. The second kappa shape index (κ2) is 11.5. The van der Waals surface area contributed by atoms with Crippen molar-refractivity contribution in [3.63, 3.8) is 0 Å². The number of hydrogen-bond acceptors (Lipinski definition) is 2. The first-order chi connectivity index (χ1) is 15.8. The zero-order chi connectivity index (χ0) is 25.1. The molecule has 2 aromatic rings. The first-order valence-corrected chi connectivity index (χ1v) is 12.0. The number of halogens is 4. The maximum atomic E-state index is 13.1. The third-order valence-corrected chi connectivity index (χ3v) is 7.20. The van der Waals surface area contributed by atoms with Crippen molar-refractivity contribution in [3.05, 3.63) is 71.3 Å². The van der Waals surface area contributed by atoms with Crippen molar-refractivity contribution in [2.24, 2.45) is 11.8 Å². The Morgan fingerprint density at radius 3 is 2.26 bits per heavy atom. The van der Waals surface area contributed by atoms with Crippen molar-refractivity contribution < 1.29 is 44.2 Å². The summed E-state index contributed by atoms with van der Waals surface area (Å²) in [4.78, 5) is 13.0. The number of quaternary nitrogens is 1. The lowest BCUT2D eigenvalue weighted by Gasteiger charge is -2.44. The summed E-state index contributed by atoms with van der Waals surface area (Å²) in [5.41, 5.74) is 0.961. The lowest BCUT2D eigenvalue weighted by atomic mass is 9.64. The number of benzene rings is 2. The number of rotatable bonds is 7. The topological polar surface area (TPSA) is 26.3 Å². The van der Waals surface area contributed by atoms with Crippen LogP contribution in [0.1, 0.15) is 56.7 Å². The Morgan fingerprint density at radius 2 is 1.63 bits per heavy atom. The van der Waals surface area contributed by atoms with Gasteiger partial charge in [-0.2, -0.15) is 13.2 Å². The van der Waals surface area contributed by atoms with Gasteiger partial charge in [-0.1, -0.05) is 69.7 Å². The largest absolute Gasteiger partial charge is 1.00 e. The van der Waals surface area contributed by atoms with Crippen LogP contribution in [0.5, 0.6) is 0 Å². The van der Waals surface area contributed by atoms with Crippen molar-refractivity contribution in [2.45, 2.75) is 64.3 Å². The molecule has 0 heterocycles. The predicted molar refractivity (Wildman–Crippen MR) is 128 cm³/mol. The Balaban J connectivity index is 0.00000432. The molecular formula is C28H37BrF3NO2. The summed E-state index contributed by atoms with van der Waals surface area (Å²) in [6.07, 6.45) is -1.65. The molecule has 0 aliphatic heterocycles. The van der Waals surface area contributed by atoms with Crippen LogP contribution in [-0.2, 0) is 27.7 Å². The second-order valence-corrected chi connectivity index (χ2v) is 11.1. The van der Waals surface area contributed by atoms with Crippen molar-refractivity contribution in [1.29, 1.82) is 0 Å². The molecule has 3 nitrogen and oxygen atoms in total. The molecule has 1 aliphatic rings. The van der Waals surface area contributed by atoms with Gasteiger partial charge in [-0.3, -0.25) is 0 Å². The van der Waals surface area contributed by atoms with E-state index in [1.165, 1.54) is 11.6 Å². The molecule has 1 fully saturated rings. The van der Waals surface area contributed by atoms with Crippen LogP contribution in [0.3, 0.4) is 0 Å². The summed E-state index contributed by atoms with van der Waals surface area (Å²) < 4.78 is 45.6. The van der Waals surface area contributed by atoms with E-state index in [4.69, 9.17) is 4.74 Å².